The Balaban J connectivity index is 1.96. The Kier molecular flexibility index (Phi) is 5.65. The number of carbonyl (C=O) groups excluding carboxylic acids is 1. The van der Waals surface area contributed by atoms with Gasteiger partial charge in [-0.25, -0.2) is 0 Å². The van der Waals surface area contributed by atoms with E-state index in [-0.39, 0.29) is 12.5 Å². The quantitative estimate of drug-likeness (QED) is 0.527. The average molecular weight is 333 g/mol. The van der Waals surface area contributed by atoms with E-state index in [1.807, 2.05) is 13.8 Å². The molecular weight excluding hydrogens is 306 g/mol. The van der Waals surface area contributed by atoms with Crippen molar-refractivity contribution in [1.82, 2.24) is 4.90 Å². The van der Waals surface area contributed by atoms with Gasteiger partial charge in [-0.2, -0.15) is 0 Å². The number of aliphatic hydroxyl groups excluding tert-OH is 3. The minimum Gasteiger partial charge on any atom is -0.388 e. The summed E-state index contributed by atoms with van der Waals surface area (Å²) in [5.74, 6) is -1.18. The lowest BCUT2D eigenvalue weighted by Gasteiger charge is -2.41. The number of epoxide rings is 1. The van der Waals surface area contributed by atoms with Crippen molar-refractivity contribution in [2.24, 2.45) is 0 Å². The zero-order chi connectivity index (χ0) is 17.4. The Morgan fingerprint density at radius 2 is 1.78 bits per heavy atom. The molecule has 0 aliphatic carbocycles. The molecular formula is C15H27NO7. The second-order valence-corrected chi connectivity index (χ2v) is 6.37. The molecule has 2 heterocycles. The van der Waals surface area contributed by atoms with Gasteiger partial charge in [0.1, 0.15) is 30.5 Å². The summed E-state index contributed by atoms with van der Waals surface area (Å²) in [6.07, 6.45) is -6.34. The summed E-state index contributed by atoms with van der Waals surface area (Å²) in [4.78, 5) is 13.8. The van der Waals surface area contributed by atoms with Gasteiger partial charge in [0, 0.05) is 13.1 Å². The third kappa shape index (κ3) is 4.01. The number of ether oxygens (including phenoxy) is 3. The zero-order valence-electron chi connectivity index (χ0n) is 14.0. The van der Waals surface area contributed by atoms with E-state index in [2.05, 4.69) is 0 Å². The van der Waals surface area contributed by atoms with E-state index in [4.69, 9.17) is 14.2 Å². The smallest absolute Gasteiger partial charge is 0.254 e. The molecule has 0 spiro atoms. The first kappa shape index (κ1) is 18.6. The predicted molar refractivity (Wildman–Crippen MR) is 79.5 cm³/mol. The van der Waals surface area contributed by atoms with Gasteiger partial charge in [-0.05, 0) is 27.7 Å². The van der Waals surface area contributed by atoms with Crippen LogP contribution in [0.3, 0.4) is 0 Å². The van der Waals surface area contributed by atoms with Crippen LogP contribution in [0.4, 0.5) is 0 Å². The number of hydrogen-bond acceptors (Lipinski definition) is 7. The fourth-order valence-electron chi connectivity index (χ4n) is 2.80. The van der Waals surface area contributed by atoms with E-state index >= 15 is 0 Å². The maximum atomic E-state index is 12.2. The van der Waals surface area contributed by atoms with E-state index in [0.717, 1.165) is 0 Å². The Morgan fingerprint density at radius 3 is 2.35 bits per heavy atom. The minimum atomic E-state index is -1.38. The highest BCUT2D eigenvalue weighted by atomic mass is 16.7. The summed E-state index contributed by atoms with van der Waals surface area (Å²) in [6.45, 7) is 8.13. The number of rotatable bonds is 6. The largest absolute Gasteiger partial charge is 0.388 e. The zero-order valence-corrected chi connectivity index (χ0v) is 14.0. The number of amides is 1. The summed E-state index contributed by atoms with van der Waals surface area (Å²) in [5.41, 5.74) is 0. The Morgan fingerprint density at radius 1 is 1.22 bits per heavy atom. The molecule has 0 aromatic rings. The van der Waals surface area contributed by atoms with Crippen LogP contribution in [0, 0.1) is 0 Å². The second kappa shape index (κ2) is 7.00. The molecule has 0 saturated carbocycles. The van der Waals surface area contributed by atoms with Crippen LogP contribution in [0.15, 0.2) is 0 Å². The lowest BCUT2D eigenvalue weighted by molar-refractivity contribution is -0.324. The standard InChI is InChI=1S/C15H27NO7/c1-5-16(6-2)14(20)13-12(22-13)10(19)9(18)11-8(17)7-21-15(3,4)23-11/h8-13,17-19H,5-7H2,1-4H3/t8-,9+,10-,11-,12+,13-/m1/s1. The first-order valence-electron chi connectivity index (χ1n) is 8.02. The predicted octanol–water partition coefficient (Wildman–Crippen LogP) is -1.14. The lowest BCUT2D eigenvalue weighted by atomic mass is 9.98. The van der Waals surface area contributed by atoms with Gasteiger partial charge < -0.3 is 34.4 Å². The van der Waals surface area contributed by atoms with Crippen LogP contribution in [0.2, 0.25) is 0 Å². The van der Waals surface area contributed by atoms with Crippen molar-refractivity contribution in [3.63, 3.8) is 0 Å². The molecule has 3 N–H and O–H groups in total. The molecule has 0 radical (unpaired) electrons. The fraction of sp³-hybridized carbons (Fsp3) is 0.933. The van der Waals surface area contributed by atoms with Crippen molar-refractivity contribution in [2.45, 2.75) is 70.1 Å². The van der Waals surface area contributed by atoms with Gasteiger partial charge >= 0.3 is 0 Å². The maximum Gasteiger partial charge on any atom is 0.254 e. The second-order valence-electron chi connectivity index (χ2n) is 6.37. The summed E-state index contributed by atoms with van der Waals surface area (Å²) in [6, 6.07) is 0. The number of likely N-dealkylation sites (N-methyl/N-ethyl adjacent to an activating group) is 1. The molecule has 0 aromatic carbocycles. The van der Waals surface area contributed by atoms with E-state index in [0.29, 0.717) is 13.1 Å². The molecule has 0 unspecified atom stereocenters. The Hall–Kier alpha value is -0.770. The summed E-state index contributed by atoms with van der Waals surface area (Å²) < 4.78 is 16.0. The molecule has 2 fully saturated rings. The normalized spacial score (nSPS) is 35.4. The number of hydrogen-bond donors (Lipinski definition) is 3. The number of aliphatic hydroxyl groups is 3. The Bertz CT molecular complexity index is 426. The molecule has 0 aromatic heterocycles. The summed E-state index contributed by atoms with van der Waals surface area (Å²) >= 11 is 0. The van der Waals surface area contributed by atoms with Gasteiger partial charge in [0.15, 0.2) is 11.9 Å². The third-order valence-corrected chi connectivity index (χ3v) is 4.27. The monoisotopic (exact) mass is 333 g/mol. The highest BCUT2D eigenvalue weighted by molar-refractivity contribution is 5.84. The van der Waals surface area contributed by atoms with Crippen LogP contribution in [-0.4, -0.2) is 88.2 Å². The average Bonchev–Trinajstić information content (AvgIpc) is 3.30. The van der Waals surface area contributed by atoms with Crippen LogP contribution in [0.25, 0.3) is 0 Å². The molecule has 8 heteroatoms. The van der Waals surface area contributed by atoms with Gasteiger partial charge in [0.05, 0.1) is 6.61 Å². The number of nitrogens with zero attached hydrogens (tertiary/aromatic N) is 1. The van der Waals surface area contributed by atoms with Gasteiger partial charge in [-0.3, -0.25) is 4.79 Å². The van der Waals surface area contributed by atoms with E-state index in [1.165, 1.54) is 0 Å². The maximum absolute atomic E-state index is 12.2. The highest BCUT2D eigenvalue weighted by Crippen LogP contribution is 2.32. The van der Waals surface area contributed by atoms with Crippen LogP contribution in [-0.2, 0) is 19.0 Å². The molecule has 2 aliphatic heterocycles. The van der Waals surface area contributed by atoms with Crippen molar-refractivity contribution in [1.29, 1.82) is 0 Å². The van der Waals surface area contributed by atoms with Crippen LogP contribution in [0.1, 0.15) is 27.7 Å². The molecule has 1 amide bonds. The van der Waals surface area contributed by atoms with Crippen LogP contribution >= 0.6 is 0 Å². The molecule has 2 aliphatic rings. The van der Waals surface area contributed by atoms with Gasteiger partial charge in [0.2, 0.25) is 0 Å². The molecule has 6 atom stereocenters. The molecule has 8 nitrogen and oxygen atoms in total. The van der Waals surface area contributed by atoms with Gasteiger partial charge in [0.25, 0.3) is 5.91 Å². The first-order valence-corrected chi connectivity index (χ1v) is 8.02. The first-order chi connectivity index (χ1) is 10.7. The van der Waals surface area contributed by atoms with E-state index in [1.54, 1.807) is 18.7 Å². The lowest BCUT2D eigenvalue weighted by Crippen LogP contribution is -2.57. The number of carbonyl (C=O) groups is 1. The van der Waals surface area contributed by atoms with Crippen molar-refractivity contribution < 1.29 is 34.3 Å². The van der Waals surface area contributed by atoms with Crippen molar-refractivity contribution >= 4 is 5.91 Å². The van der Waals surface area contributed by atoms with Crippen molar-refractivity contribution in [2.75, 3.05) is 19.7 Å². The minimum absolute atomic E-state index is 0.00518. The van der Waals surface area contributed by atoms with Crippen molar-refractivity contribution in [3.05, 3.63) is 0 Å². The highest BCUT2D eigenvalue weighted by Gasteiger charge is 2.55. The van der Waals surface area contributed by atoms with Crippen molar-refractivity contribution in [3.8, 4) is 0 Å². The molecule has 2 rings (SSSR count). The third-order valence-electron chi connectivity index (χ3n) is 4.27. The molecule has 23 heavy (non-hydrogen) atoms. The molecule has 134 valence electrons. The summed E-state index contributed by atoms with van der Waals surface area (Å²) in [7, 11) is 0. The van der Waals surface area contributed by atoms with Gasteiger partial charge in [-0.15, -0.1) is 0 Å². The fourth-order valence-corrected chi connectivity index (χ4v) is 2.80. The van der Waals surface area contributed by atoms with E-state index in [9.17, 15) is 20.1 Å². The van der Waals surface area contributed by atoms with Crippen LogP contribution < -0.4 is 0 Å². The Labute approximate surface area is 135 Å². The van der Waals surface area contributed by atoms with Crippen LogP contribution in [0.5, 0.6) is 0 Å². The molecule has 2 saturated heterocycles. The topological polar surface area (TPSA) is 112 Å². The van der Waals surface area contributed by atoms with Gasteiger partial charge in [-0.1, -0.05) is 0 Å². The van der Waals surface area contributed by atoms with E-state index < -0.39 is 42.4 Å². The molecule has 0 bridgehead atoms. The summed E-state index contributed by atoms with van der Waals surface area (Å²) in [5, 5.41) is 30.5. The SMILES string of the molecule is CCN(CC)C(=O)[C@@H]1O[C@H]1[C@H](O)[C@H](O)[C@@H]1OC(C)(C)OC[C@H]1O.